The van der Waals surface area contributed by atoms with Gasteiger partial charge in [0.2, 0.25) is 0 Å². The minimum atomic E-state index is 0.541. The van der Waals surface area contributed by atoms with Crippen molar-refractivity contribution in [2.24, 2.45) is 7.05 Å². The highest BCUT2D eigenvalue weighted by Gasteiger charge is 2.04. The van der Waals surface area contributed by atoms with Gasteiger partial charge in [-0.25, -0.2) is 0 Å². The Labute approximate surface area is 87.3 Å². The van der Waals surface area contributed by atoms with Crippen LogP contribution in [-0.4, -0.2) is 21.9 Å². The second-order valence-corrected chi connectivity index (χ2v) is 3.35. The lowest BCUT2D eigenvalue weighted by Gasteiger charge is -2.04. The lowest BCUT2D eigenvalue weighted by molar-refractivity contribution is 0.729. The van der Waals surface area contributed by atoms with Crippen LogP contribution in [0, 0.1) is 0 Å². The molecule has 2 N–H and O–H groups in total. The Morgan fingerprint density at radius 3 is 2.92 bits per heavy atom. The summed E-state index contributed by atoms with van der Waals surface area (Å²) in [7, 11) is 3.58. The summed E-state index contributed by atoms with van der Waals surface area (Å²) < 4.78 is 1.67. The summed E-state index contributed by atoms with van der Waals surface area (Å²) in [5.41, 5.74) is 0.793. The van der Waals surface area contributed by atoms with Crippen molar-refractivity contribution in [1.82, 2.24) is 20.4 Å². The molecule has 1 aromatic rings. The molecule has 0 unspecified atom stereocenters. The Bertz CT molecular complexity index is 309. The molecule has 1 aromatic heterocycles. The summed E-state index contributed by atoms with van der Waals surface area (Å²) in [6.07, 6.45) is 1.75. The van der Waals surface area contributed by atoms with Crippen LogP contribution in [0.3, 0.4) is 0 Å². The smallest absolute Gasteiger partial charge is 0.166 e. The van der Waals surface area contributed by atoms with Gasteiger partial charge in [0.05, 0.1) is 11.6 Å². The van der Waals surface area contributed by atoms with Gasteiger partial charge in [0.25, 0.3) is 0 Å². The number of nitrogens with zero attached hydrogens (tertiary/aromatic N) is 2. The first-order valence-corrected chi connectivity index (χ1v) is 4.55. The number of halogens is 1. The molecule has 72 valence electrons. The quantitative estimate of drug-likeness (QED) is 0.717. The van der Waals surface area contributed by atoms with E-state index in [0.717, 1.165) is 5.69 Å². The van der Waals surface area contributed by atoms with E-state index >= 15 is 0 Å². The van der Waals surface area contributed by atoms with Crippen LogP contribution in [0.25, 0.3) is 0 Å². The summed E-state index contributed by atoms with van der Waals surface area (Å²) in [5.74, 6) is 0. The predicted octanol–water partition coefficient (Wildman–Crippen LogP) is 0.667. The average Bonchev–Trinajstić information content (AvgIpc) is 2.41. The first-order valence-electron chi connectivity index (χ1n) is 3.77. The molecule has 0 fully saturated rings. The van der Waals surface area contributed by atoms with Crippen LogP contribution < -0.4 is 10.6 Å². The predicted molar refractivity (Wildman–Crippen MR) is 56.7 cm³/mol. The second kappa shape index (κ2) is 4.43. The van der Waals surface area contributed by atoms with Gasteiger partial charge >= 0.3 is 0 Å². The fourth-order valence-corrected chi connectivity index (χ4v) is 1.20. The number of hydrogen-bond acceptors (Lipinski definition) is 2. The molecule has 0 amide bonds. The van der Waals surface area contributed by atoms with Gasteiger partial charge < -0.3 is 10.6 Å². The first-order chi connectivity index (χ1) is 6.13. The highest BCUT2D eigenvalue weighted by molar-refractivity contribution is 7.80. The van der Waals surface area contributed by atoms with Crippen molar-refractivity contribution in [2.45, 2.75) is 6.54 Å². The molecule has 0 atom stereocenters. The van der Waals surface area contributed by atoms with Crippen LogP contribution in [-0.2, 0) is 13.6 Å². The number of rotatable bonds is 2. The molecule has 0 saturated heterocycles. The van der Waals surface area contributed by atoms with Crippen molar-refractivity contribution in [1.29, 1.82) is 0 Å². The van der Waals surface area contributed by atoms with Crippen LogP contribution in [0.15, 0.2) is 6.20 Å². The third-order valence-electron chi connectivity index (χ3n) is 1.50. The highest BCUT2D eigenvalue weighted by atomic mass is 35.5. The maximum atomic E-state index is 5.88. The fourth-order valence-electron chi connectivity index (χ4n) is 0.878. The summed E-state index contributed by atoms with van der Waals surface area (Å²) in [6, 6.07) is 0. The zero-order chi connectivity index (χ0) is 9.84. The average molecular weight is 219 g/mol. The number of aromatic nitrogens is 2. The largest absolute Gasteiger partial charge is 0.366 e. The summed E-state index contributed by atoms with van der Waals surface area (Å²) in [6.45, 7) is 0.541. The molecule has 0 bridgehead atoms. The first kappa shape index (κ1) is 10.3. The minimum absolute atomic E-state index is 0.541. The molecule has 13 heavy (non-hydrogen) atoms. The summed E-state index contributed by atoms with van der Waals surface area (Å²) >= 11 is 10.8. The molecular weight excluding hydrogens is 208 g/mol. The van der Waals surface area contributed by atoms with Crippen LogP contribution in [0.2, 0.25) is 5.02 Å². The van der Waals surface area contributed by atoms with Gasteiger partial charge in [-0.3, -0.25) is 4.68 Å². The van der Waals surface area contributed by atoms with E-state index in [-0.39, 0.29) is 0 Å². The lowest BCUT2D eigenvalue weighted by atomic mass is 10.4. The molecule has 0 spiro atoms. The molecule has 6 heteroatoms. The summed E-state index contributed by atoms with van der Waals surface area (Å²) in [4.78, 5) is 0. The zero-order valence-electron chi connectivity index (χ0n) is 7.47. The van der Waals surface area contributed by atoms with Crippen LogP contribution >= 0.6 is 23.8 Å². The van der Waals surface area contributed by atoms with Crippen molar-refractivity contribution in [3.05, 3.63) is 16.9 Å². The van der Waals surface area contributed by atoms with E-state index in [1.54, 1.807) is 17.9 Å². The third-order valence-corrected chi connectivity index (χ3v) is 2.16. The van der Waals surface area contributed by atoms with Gasteiger partial charge in [-0.05, 0) is 12.2 Å². The Morgan fingerprint density at radius 1 is 1.77 bits per heavy atom. The van der Waals surface area contributed by atoms with Crippen LogP contribution in [0.5, 0.6) is 0 Å². The van der Waals surface area contributed by atoms with Gasteiger partial charge in [0.15, 0.2) is 5.11 Å². The van der Waals surface area contributed by atoms with Gasteiger partial charge in [0.1, 0.15) is 5.69 Å². The maximum Gasteiger partial charge on any atom is 0.166 e. The second-order valence-electron chi connectivity index (χ2n) is 2.53. The van der Waals surface area contributed by atoms with E-state index < -0.39 is 0 Å². The fraction of sp³-hybridized carbons (Fsp3) is 0.429. The minimum Gasteiger partial charge on any atom is -0.366 e. The van der Waals surface area contributed by atoms with E-state index in [2.05, 4.69) is 15.7 Å². The van der Waals surface area contributed by atoms with Gasteiger partial charge in [-0.2, -0.15) is 5.10 Å². The Morgan fingerprint density at radius 2 is 2.46 bits per heavy atom. The highest BCUT2D eigenvalue weighted by Crippen LogP contribution is 2.12. The molecule has 0 saturated carbocycles. The standard InChI is InChI=1S/C7H11ClN4S/c1-9-7(13)10-3-6-5(8)4-12(2)11-6/h4H,3H2,1-2H3,(H2,9,10,13). The molecule has 0 aromatic carbocycles. The van der Waals surface area contributed by atoms with E-state index in [1.807, 2.05) is 7.05 Å². The van der Waals surface area contributed by atoms with E-state index in [4.69, 9.17) is 23.8 Å². The van der Waals surface area contributed by atoms with Crippen molar-refractivity contribution in [3.63, 3.8) is 0 Å². The molecule has 1 rings (SSSR count). The number of aryl methyl sites for hydroxylation is 1. The Balaban J connectivity index is 2.54. The van der Waals surface area contributed by atoms with Gasteiger partial charge in [0, 0.05) is 20.3 Å². The number of thiocarbonyl (C=S) groups is 1. The van der Waals surface area contributed by atoms with E-state index in [0.29, 0.717) is 16.7 Å². The van der Waals surface area contributed by atoms with Crippen LogP contribution in [0.4, 0.5) is 0 Å². The molecule has 4 nitrogen and oxygen atoms in total. The monoisotopic (exact) mass is 218 g/mol. The lowest BCUT2D eigenvalue weighted by Crippen LogP contribution is -2.32. The van der Waals surface area contributed by atoms with E-state index in [1.165, 1.54) is 0 Å². The van der Waals surface area contributed by atoms with Crippen molar-refractivity contribution in [3.8, 4) is 0 Å². The molecule has 0 aliphatic rings. The van der Waals surface area contributed by atoms with Crippen molar-refractivity contribution < 1.29 is 0 Å². The zero-order valence-corrected chi connectivity index (χ0v) is 9.04. The normalized spacial score (nSPS) is 9.77. The molecule has 1 heterocycles. The van der Waals surface area contributed by atoms with Crippen LogP contribution in [0.1, 0.15) is 5.69 Å². The van der Waals surface area contributed by atoms with E-state index in [9.17, 15) is 0 Å². The number of hydrogen-bond donors (Lipinski definition) is 2. The Kier molecular flexibility index (Phi) is 3.50. The van der Waals surface area contributed by atoms with Crippen molar-refractivity contribution >= 4 is 28.9 Å². The van der Waals surface area contributed by atoms with Crippen molar-refractivity contribution in [2.75, 3.05) is 7.05 Å². The maximum absolute atomic E-state index is 5.88. The van der Waals surface area contributed by atoms with Gasteiger partial charge in [-0.15, -0.1) is 0 Å². The molecular formula is C7H11ClN4S. The molecule has 0 aliphatic carbocycles. The topological polar surface area (TPSA) is 41.9 Å². The summed E-state index contributed by atoms with van der Waals surface area (Å²) in [5, 5.41) is 11.2. The number of nitrogens with one attached hydrogen (secondary N) is 2. The molecule has 0 radical (unpaired) electrons. The third kappa shape index (κ3) is 2.86. The molecule has 0 aliphatic heterocycles. The van der Waals surface area contributed by atoms with Gasteiger partial charge in [-0.1, -0.05) is 11.6 Å². The SMILES string of the molecule is CNC(=S)NCc1nn(C)cc1Cl. The Hall–Kier alpha value is -0.810.